The summed E-state index contributed by atoms with van der Waals surface area (Å²) in [6.45, 7) is 0. The first-order valence-electron chi connectivity index (χ1n) is 45.9. The fraction of sp³-hybridized carbons (Fsp3) is 0.165. The van der Waals surface area contributed by atoms with Gasteiger partial charge in [-0.25, -0.2) is 39.9 Å². The van der Waals surface area contributed by atoms with E-state index in [1.807, 2.05) is 237 Å². The lowest BCUT2D eigenvalue weighted by Gasteiger charge is -2.21. The first-order valence-corrected chi connectivity index (χ1v) is 45.9. The van der Waals surface area contributed by atoms with Crippen LogP contribution in [0.25, 0.3) is 55.8 Å². The van der Waals surface area contributed by atoms with Gasteiger partial charge in [0.15, 0.2) is 23.3 Å². The Balaban J connectivity index is 0.000000120. The Kier molecular flexibility index (Phi) is 27.8. The lowest BCUT2D eigenvalue weighted by molar-refractivity contribution is -0.117. The van der Waals surface area contributed by atoms with Crippen LogP contribution < -0.4 is 21.3 Å². The molecular weight excluding hydrogens is 1680 g/mol. The number of fused-ring (bicyclic) bond motifs is 13. The monoisotopic (exact) mass is 1780 g/mol. The Bertz CT molecular complexity index is 7160. The first kappa shape index (κ1) is 89.1. The molecule has 4 aromatic heterocycles. The Morgan fingerprint density at radius 1 is 0.237 bits per heavy atom. The summed E-state index contributed by atoms with van der Waals surface area (Å²) in [6.07, 6.45) is 11.9. The smallest absolute Gasteiger partial charge is 0.229 e. The van der Waals surface area contributed by atoms with E-state index < -0.39 is 0 Å². The van der Waals surface area contributed by atoms with Crippen molar-refractivity contribution in [3.8, 4) is 68.0 Å². The minimum absolute atomic E-state index is 0.0411. The molecule has 135 heavy (non-hydrogen) atoms. The van der Waals surface area contributed by atoms with Crippen molar-refractivity contribution in [3.05, 3.63) is 440 Å². The largest absolute Gasteiger partial charge is 0.508 e. The van der Waals surface area contributed by atoms with E-state index in [0.29, 0.717) is 81.1 Å². The summed E-state index contributed by atoms with van der Waals surface area (Å²) in [5.74, 6) is 2.84. The zero-order chi connectivity index (χ0) is 92.4. The highest BCUT2D eigenvalue weighted by molar-refractivity contribution is 5.95. The van der Waals surface area contributed by atoms with Crippen LogP contribution >= 0.6 is 0 Å². The number of phenols is 4. The summed E-state index contributed by atoms with van der Waals surface area (Å²) in [6, 6.07) is 106. The lowest BCUT2D eigenvalue weighted by atomic mass is 9.91. The summed E-state index contributed by atoms with van der Waals surface area (Å²) in [7, 11) is 0. The fourth-order valence-electron chi connectivity index (χ4n) is 17.8. The maximum absolute atomic E-state index is 13.1. The molecule has 13 aromatic carbocycles. The molecule has 0 fully saturated rings. The molecule has 8 N–H and O–H groups in total. The zero-order valence-corrected chi connectivity index (χ0v) is 74.6. The first-order chi connectivity index (χ1) is 66.1. The fourth-order valence-corrected chi connectivity index (χ4v) is 17.8. The van der Waals surface area contributed by atoms with Crippen LogP contribution in [-0.4, -0.2) is 83.9 Å². The van der Waals surface area contributed by atoms with Crippen LogP contribution in [0, 0.1) is 0 Å². The molecule has 17 aromatic rings. The van der Waals surface area contributed by atoms with Gasteiger partial charge >= 0.3 is 0 Å². The highest BCUT2D eigenvalue weighted by atomic mass is 16.3. The van der Waals surface area contributed by atoms with Crippen molar-refractivity contribution in [2.24, 2.45) is 0 Å². The predicted octanol–water partition coefficient (Wildman–Crippen LogP) is 21.2. The van der Waals surface area contributed by atoms with Gasteiger partial charge in [0, 0.05) is 60.8 Å². The van der Waals surface area contributed by atoms with Gasteiger partial charge in [-0.05, 0) is 221 Å². The van der Waals surface area contributed by atoms with Crippen LogP contribution in [0.3, 0.4) is 0 Å². The third-order valence-corrected chi connectivity index (χ3v) is 24.5. The Labute approximate surface area is 783 Å². The number of hydrogen-bond donors (Lipinski definition) is 8. The van der Waals surface area contributed by atoms with Crippen LogP contribution in [0.5, 0.6) is 23.0 Å². The number of anilines is 4. The van der Waals surface area contributed by atoms with Gasteiger partial charge in [-0.1, -0.05) is 255 Å². The summed E-state index contributed by atoms with van der Waals surface area (Å²) < 4.78 is 0. The standard InChI is InChI=1S/C31H25N3O2.C29H27N3O2.C28H25N3O2.C27H23N3O2/c35-25-13-14-26-24(19-25)12-15-27-30(26)32-28(17-20-6-2-1-3-7-20)31(33-27)34-29(36)18-21-10-11-22-8-4-5-9-23(22)16-21;33-23-15-16-24-22(19-23)14-17-25-28(24)30-26(18-21-10-5-2-6-11-21)29(31-25)32-27(34)13-7-12-20-8-3-1-4-9-20;32-22-13-14-23-21(18-22)12-15-24-27(23)29-25(17-20-9-5-2-6-10-20)28(30-24)31-26(33)16-11-19-7-3-1-4-8-19;31-21-12-13-22-20(17-21)11-14-23-26(22)28-24(15-18-7-3-1-4-8-18)27(29-23)30-25(32)16-19-9-5-2-6-10-19/h1-11,13-14,16,19,35H,12,15,17-18H2,(H,33,34,36);1-6,8-11,15-16,19,33H,7,12-14,17-18H2,(H,31,32,34);1-10,13-14,18,32H,11-12,15-17H2,(H,30,31,33);1-10,12-13,17,31H,11,14-16H2,(H,29,30,32). The minimum atomic E-state index is -0.116. The van der Waals surface area contributed by atoms with Crippen LogP contribution in [0.2, 0.25) is 0 Å². The molecule has 21 rings (SSSR count). The maximum Gasteiger partial charge on any atom is 0.229 e. The molecule has 0 unspecified atom stereocenters. The van der Waals surface area contributed by atoms with Gasteiger partial charge in [0.2, 0.25) is 23.6 Å². The van der Waals surface area contributed by atoms with E-state index in [1.54, 1.807) is 48.5 Å². The highest BCUT2D eigenvalue weighted by Crippen LogP contribution is 2.41. The molecule has 668 valence electrons. The molecule has 4 amide bonds. The Morgan fingerprint density at radius 3 is 0.844 bits per heavy atom. The normalized spacial score (nSPS) is 12.0. The van der Waals surface area contributed by atoms with Crippen molar-refractivity contribution in [2.75, 3.05) is 21.3 Å². The number of nitrogens with one attached hydrogen (secondary N) is 4. The molecule has 4 aliphatic carbocycles. The molecular formula is C115H100N12O8. The third-order valence-electron chi connectivity index (χ3n) is 24.5. The molecule has 20 nitrogen and oxygen atoms in total. The number of hydrogen-bond acceptors (Lipinski definition) is 16. The van der Waals surface area contributed by atoms with Crippen molar-refractivity contribution in [3.63, 3.8) is 0 Å². The van der Waals surface area contributed by atoms with E-state index in [-0.39, 0.29) is 59.5 Å². The Hall–Kier alpha value is -16.5. The predicted molar refractivity (Wildman–Crippen MR) is 530 cm³/mol. The van der Waals surface area contributed by atoms with Gasteiger partial charge in [0.25, 0.3) is 0 Å². The summed E-state index contributed by atoms with van der Waals surface area (Å²) in [5.41, 5.74) is 26.7. The van der Waals surface area contributed by atoms with Gasteiger partial charge in [0.1, 0.15) is 23.0 Å². The number of carbonyl (C=O) groups is 4. The molecule has 0 aliphatic heterocycles. The maximum atomic E-state index is 13.1. The van der Waals surface area contributed by atoms with Gasteiger partial charge in [0.05, 0.1) is 81.2 Å². The summed E-state index contributed by atoms with van der Waals surface area (Å²) in [5, 5.41) is 54.0. The van der Waals surface area contributed by atoms with Crippen LogP contribution in [0.1, 0.15) is 132 Å². The molecule has 0 atom stereocenters. The highest BCUT2D eigenvalue weighted by Gasteiger charge is 2.29. The number of aryl methyl sites for hydroxylation is 10. The summed E-state index contributed by atoms with van der Waals surface area (Å²) in [4.78, 5) is 91.0. The average molecular weight is 1780 g/mol. The van der Waals surface area contributed by atoms with E-state index in [1.165, 1.54) is 5.56 Å². The average Bonchev–Trinajstić information content (AvgIpc) is 0.782. The number of carbonyl (C=O) groups excluding carboxylic acids is 4. The van der Waals surface area contributed by atoms with Crippen LogP contribution in [0.4, 0.5) is 23.3 Å². The van der Waals surface area contributed by atoms with Crippen molar-refractivity contribution >= 4 is 57.7 Å². The van der Waals surface area contributed by atoms with Gasteiger partial charge in [-0.15, -0.1) is 0 Å². The van der Waals surface area contributed by atoms with Gasteiger partial charge < -0.3 is 41.7 Å². The molecule has 0 spiro atoms. The molecule has 20 heteroatoms. The molecule has 0 saturated carbocycles. The number of aromatic nitrogens is 8. The van der Waals surface area contributed by atoms with E-state index >= 15 is 0 Å². The van der Waals surface area contributed by atoms with E-state index in [0.717, 1.165) is 214 Å². The van der Waals surface area contributed by atoms with Crippen LogP contribution in [-0.2, 0) is 122 Å². The minimum Gasteiger partial charge on any atom is -0.508 e. The summed E-state index contributed by atoms with van der Waals surface area (Å²) >= 11 is 0. The second-order valence-corrected chi connectivity index (χ2v) is 34.3. The van der Waals surface area contributed by atoms with Crippen molar-refractivity contribution in [1.29, 1.82) is 0 Å². The molecule has 0 bridgehead atoms. The lowest BCUT2D eigenvalue weighted by Crippen LogP contribution is -2.20. The number of benzene rings is 13. The zero-order valence-electron chi connectivity index (χ0n) is 74.6. The number of aromatic hydroxyl groups is 4. The van der Waals surface area contributed by atoms with E-state index in [9.17, 15) is 39.6 Å². The number of phenolic OH excluding ortho intramolecular Hbond substituents is 4. The topological polar surface area (TPSA) is 300 Å². The second kappa shape index (κ2) is 42.2. The molecule has 4 aliphatic rings. The SMILES string of the molecule is O=C(CCCc1ccccc1)Nc1nc2c(nc1Cc1ccccc1)-c1ccc(O)cc1CC2.O=C(CCc1ccccc1)Nc1nc2c(nc1Cc1ccccc1)-c1ccc(O)cc1CC2.O=C(Cc1ccc2ccccc2c1)Nc1nc2c(nc1Cc1ccccc1)-c1ccc(O)cc1CC2.O=C(Cc1ccccc1)Nc1nc2c(nc1Cc1ccccc1)-c1ccc(O)cc1CC2. The van der Waals surface area contributed by atoms with E-state index in [4.69, 9.17) is 39.9 Å². The quantitative estimate of drug-likeness (QED) is 0.0295. The number of amides is 4. The second-order valence-electron chi connectivity index (χ2n) is 34.3. The molecule has 4 heterocycles. The van der Waals surface area contributed by atoms with Crippen molar-refractivity contribution in [2.45, 2.75) is 122 Å². The van der Waals surface area contributed by atoms with Gasteiger partial charge in [-0.2, -0.15) is 0 Å². The molecule has 0 radical (unpaired) electrons. The third kappa shape index (κ3) is 22.8. The van der Waals surface area contributed by atoms with Crippen molar-refractivity contribution in [1.82, 2.24) is 39.9 Å². The van der Waals surface area contributed by atoms with Crippen LogP contribution in [0.15, 0.2) is 328 Å². The number of nitrogens with zero attached hydrogens (tertiary/aromatic N) is 8. The number of rotatable bonds is 23. The van der Waals surface area contributed by atoms with Crippen molar-refractivity contribution < 1.29 is 39.6 Å². The van der Waals surface area contributed by atoms with Gasteiger partial charge in [-0.3, -0.25) is 19.2 Å². The van der Waals surface area contributed by atoms with E-state index in [2.05, 4.69) is 63.7 Å². The Morgan fingerprint density at radius 2 is 0.511 bits per heavy atom. The molecule has 0 saturated heterocycles.